The zero-order chi connectivity index (χ0) is 19.4. The van der Waals surface area contributed by atoms with Gasteiger partial charge in [0.05, 0.1) is 18.5 Å². The number of carbonyl (C=O) groups excluding carboxylic acids is 2. The molecule has 3 rings (SSSR count). The van der Waals surface area contributed by atoms with E-state index in [1.807, 2.05) is 0 Å². The van der Waals surface area contributed by atoms with E-state index in [4.69, 9.17) is 4.74 Å². The first-order valence-corrected chi connectivity index (χ1v) is 9.07. The summed E-state index contributed by atoms with van der Waals surface area (Å²) in [5.74, 6) is -0.443. The van der Waals surface area contributed by atoms with Gasteiger partial charge in [0.1, 0.15) is 16.8 Å². The molecule has 1 N–H and O–H groups in total. The molecule has 140 valence electrons. The highest BCUT2D eigenvalue weighted by molar-refractivity contribution is 8.15. The summed E-state index contributed by atoms with van der Waals surface area (Å²) in [6, 6.07) is 13.0. The van der Waals surface area contributed by atoms with Gasteiger partial charge in [-0.1, -0.05) is 23.9 Å². The second kappa shape index (κ2) is 8.22. The summed E-state index contributed by atoms with van der Waals surface area (Å²) < 4.78 is 18.7. The van der Waals surface area contributed by atoms with Crippen molar-refractivity contribution in [3.05, 3.63) is 54.3 Å². The molecule has 27 heavy (non-hydrogen) atoms. The maximum atomic E-state index is 13.6. The topological polar surface area (TPSA) is 71.0 Å². The molecular weight excluding hydrogens is 369 g/mol. The summed E-state index contributed by atoms with van der Waals surface area (Å²) in [5, 5.41) is 2.41. The van der Waals surface area contributed by atoms with Crippen molar-refractivity contribution in [3.63, 3.8) is 0 Å². The van der Waals surface area contributed by atoms with Gasteiger partial charge < -0.3 is 10.1 Å². The number of ether oxygens (including phenoxy) is 1. The first-order chi connectivity index (χ1) is 13.0. The van der Waals surface area contributed by atoms with Gasteiger partial charge in [-0.05, 0) is 36.4 Å². The Labute approximate surface area is 160 Å². The predicted molar refractivity (Wildman–Crippen MR) is 104 cm³/mol. The molecule has 8 heteroatoms. The number of benzene rings is 2. The highest BCUT2D eigenvalue weighted by Gasteiger charge is 2.37. The largest absolute Gasteiger partial charge is 0.497 e. The minimum atomic E-state index is -0.598. The zero-order valence-corrected chi connectivity index (χ0v) is 15.6. The average Bonchev–Trinajstić information content (AvgIpc) is 2.92. The molecule has 1 atom stereocenters. The Morgan fingerprint density at radius 1 is 1.26 bits per heavy atom. The molecular formula is C19H18FN3O3S. The van der Waals surface area contributed by atoms with Crippen LogP contribution in [0.1, 0.15) is 6.42 Å². The molecule has 2 amide bonds. The van der Waals surface area contributed by atoms with Gasteiger partial charge in [-0.25, -0.2) is 9.38 Å². The molecule has 6 nitrogen and oxygen atoms in total. The van der Waals surface area contributed by atoms with Crippen molar-refractivity contribution in [2.24, 2.45) is 4.99 Å². The van der Waals surface area contributed by atoms with Gasteiger partial charge in [0.25, 0.3) is 0 Å². The molecule has 1 aliphatic heterocycles. The molecule has 0 spiro atoms. The summed E-state index contributed by atoms with van der Waals surface area (Å²) in [4.78, 5) is 30.5. The Kier molecular flexibility index (Phi) is 5.75. The van der Waals surface area contributed by atoms with Crippen LogP contribution < -0.4 is 10.1 Å². The molecule has 0 aliphatic carbocycles. The van der Waals surface area contributed by atoms with Crippen molar-refractivity contribution in [1.29, 1.82) is 0 Å². The molecule has 1 fully saturated rings. The molecule has 2 aromatic carbocycles. The summed E-state index contributed by atoms with van der Waals surface area (Å²) in [5.41, 5.74) is 0.771. The number of amidine groups is 1. The average molecular weight is 387 g/mol. The third-order valence-corrected chi connectivity index (χ3v) is 5.19. The number of anilines is 1. The summed E-state index contributed by atoms with van der Waals surface area (Å²) in [6.45, 7) is 0. The third kappa shape index (κ3) is 4.46. The van der Waals surface area contributed by atoms with E-state index >= 15 is 0 Å². The van der Waals surface area contributed by atoms with E-state index in [-0.39, 0.29) is 18.0 Å². The number of hydrogen-bond donors (Lipinski definition) is 1. The van der Waals surface area contributed by atoms with Crippen LogP contribution in [0.2, 0.25) is 0 Å². The van der Waals surface area contributed by atoms with Crippen LogP contribution in [-0.4, -0.2) is 41.3 Å². The van der Waals surface area contributed by atoms with Gasteiger partial charge in [-0.2, -0.15) is 0 Å². The van der Waals surface area contributed by atoms with Crippen molar-refractivity contribution in [3.8, 4) is 5.75 Å². The minimum Gasteiger partial charge on any atom is -0.497 e. The van der Waals surface area contributed by atoms with E-state index < -0.39 is 17.0 Å². The second-order valence-electron chi connectivity index (χ2n) is 5.83. The quantitative estimate of drug-likeness (QED) is 0.853. The number of nitrogens with zero attached hydrogens (tertiary/aromatic N) is 2. The van der Waals surface area contributed by atoms with Crippen LogP contribution in [0.5, 0.6) is 5.75 Å². The number of hydrogen-bond acceptors (Lipinski definition) is 5. The molecule has 1 heterocycles. The van der Waals surface area contributed by atoms with Gasteiger partial charge in [-0.15, -0.1) is 0 Å². The van der Waals surface area contributed by atoms with Crippen molar-refractivity contribution >= 4 is 40.1 Å². The van der Waals surface area contributed by atoms with Gasteiger partial charge >= 0.3 is 0 Å². The lowest BCUT2D eigenvalue weighted by Crippen LogP contribution is -2.30. The van der Waals surface area contributed by atoms with Gasteiger partial charge in [0.2, 0.25) is 11.8 Å². The smallest absolute Gasteiger partial charge is 0.242 e. The fraction of sp³-hybridized carbons (Fsp3) is 0.211. The van der Waals surface area contributed by atoms with E-state index in [1.54, 1.807) is 44.5 Å². The first kappa shape index (κ1) is 18.9. The van der Waals surface area contributed by atoms with Gasteiger partial charge in [0.15, 0.2) is 5.17 Å². The van der Waals surface area contributed by atoms with Crippen LogP contribution in [0.15, 0.2) is 53.5 Å². The van der Waals surface area contributed by atoms with Crippen molar-refractivity contribution in [2.45, 2.75) is 11.7 Å². The number of carbonyl (C=O) groups is 2. The SMILES string of the molecule is COc1ccc(N=C2S[C@H](CC(=O)Nc3ccccc3F)C(=O)N2C)cc1. The number of halogens is 1. The molecule has 0 bridgehead atoms. The fourth-order valence-corrected chi connectivity index (χ4v) is 3.65. The summed E-state index contributed by atoms with van der Waals surface area (Å²) in [7, 11) is 3.20. The Balaban J connectivity index is 1.67. The number of aliphatic imine (C=N–C) groups is 1. The Morgan fingerprint density at radius 3 is 2.63 bits per heavy atom. The number of thioether (sulfide) groups is 1. The fourth-order valence-electron chi connectivity index (χ4n) is 2.50. The molecule has 1 saturated heterocycles. The van der Waals surface area contributed by atoms with Crippen LogP contribution in [0.3, 0.4) is 0 Å². The lowest BCUT2D eigenvalue weighted by Gasteiger charge is -2.09. The van der Waals surface area contributed by atoms with Crippen LogP contribution in [0.25, 0.3) is 0 Å². The normalized spacial score (nSPS) is 18.0. The Morgan fingerprint density at radius 2 is 1.96 bits per heavy atom. The molecule has 0 radical (unpaired) electrons. The molecule has 1 aliphatic rings. The Hall–Kier alpha value is -2.87. The Bertz CT molecular complexity index is 886. The third-order valence-electron chi connectivity index (χ3n) is 3.96. The van der Waals surface area contributed by atoms with E-state index in [2.05, 4.69) is 10.3 Å². The van der Waals surface area contributed by atoms with Crippen LogP contribution in [0.4, 0.5) is 15.8 Å². The van der Waals surface area contributed by atoms with Crippen LogP contribution >= 0.6 is 11.8 Å². The van der Waals surface area contributed by atoms with Crippen LogP contribution in [0, 0.1) is 5.82 Å². The van der Waals surface area contributed by atoms with E-state index in [0.717, 1.165) is 0 Å². The second-order valence-corrected chi connectivity index (χ2v) is 7.00. The number of para-hydroxylation sites is 1. The van der Waals surface area contributed by atoms with Crippen molar-refractivity contribution in [1.82, 2.24) is 4.90 Å². The van der Waals surface area contributed by atoms with E-state index in [1.165, 1.54) is 34.9 Å². The lowest BCUT2D eigenvalue weighted by molar-refractivity contribution is -0.127. The molecule has 0 unspecified atom stereocenters. The molecule has 0 aromatic heterocycles. The predicted octanol–water partition coefficient (Wildman–Crippen LogP) is 3.42. The summed E-state index contributed by atoms with van der Waals surface area (Å²) >= 11 is 1.22. The van der Waals surface area contributed by atoms with Gasteiger partial charge in [-0.3, -0.25) is 14.5 Å². The van der Waals surface area contributed by atoms with Crippen molar-refractivity contribution < 1.29 is 18.7 Å². The number of amides is 2. The highest BCUT2D eigenvalue weighted by atomic mass is 32.2. The van der Waals surface area contributed by atoms with Crippen molar-refractivity contribution in [2.75, 3.05) is 19.5 Å². The number of nitrogens with one attached hydrogen (secondary N) is 1. The van der Waals surface area contributed by atoms with E-state index in [9.17, 15) is 14.0 Å². The highest BCUT2D eigenvalue weighted by Crippen LogP contribution is 2.31. The van der Waals surface area contributed by atoms with E-state index in [0.29, 0.717) is 16.6 Å². The summed E-state index contributed by atoms with van der Waals surface area (Å²) in [6.07, 6.45) is -0.0657. The maximum Gasteiger partial charge on any atom is 0.242 e. The standard InChI is InChI=1S/C19H18FN3O3S/c1-23-18(25)16(11-17(24)22-15-6-4-3-5-14(15)20)27-19(23)21-12-7-9-13(26-2)10-8-12/h3-10,16H,11H2,1-2H3,(H,22,24)/t16-/m1/s1. The maximum absolute atomic E-state index is 13.6. The lowest BCUT2D eigenvalue weighted by atomic mass is 10.2. The first-order valence-electron chi connectivity index (χ1n) is 8.19. The van der Waals surface area contributed by atoms with Gasteiger partial charge in [0, 0.05) is 13.5 Å². The number of rotatable bonds is 5. The van der Waals surface area contributed by atoms with Crippen LogP contribution in [-0.2, 0) is 9.59 Å². The number of methoxy groups -OCH3 is 1. The minimum absolute atomic E-state index is 0.0657. The molecule has 0 saturated carbocycles. The monoisotopic (exact) mass is 387 g/mol. The zero-order valence-electron chi connectivity index (χ0n) is 14.8. The molecule has 2 aromatic rings.